The number of amides is 2. The van der Waals surface area contributed by atoms with E-state index in [9.17, 15) is 4.79 Å². The van der Waals surface area contributed by atoms with Gasteiger partial charge in [0, 0.05) is 5.02 Å². The Hall–Kier alpha value is -2.14. The third-order valence-electron chi connectivity index (χ3n) is 2.95. The Morgan fingerprint density at radius 3 is 2.71 bits per heavy atom. The van der Waals surface area contributed by atoms with E-state index in [2.05, 4.69) is 10.6 Å². The number of anilines is 1. The lowest BCUT2D eigenvalue weighted by Crippen LogP contribution is -2.31. The van der Waals surface area contributed by atoms with Crippen LogP contribution in [-0.4, -0.2) is 13.1 Å². The molecule has 5 nitrogen and oxygen atoms in total. The van der Waals surface area contributed by atoms with Gasteiger partial charge in [0.1, 0.15) is 17.3 Å². The SMILES string of the molecule is COc1ccc(Cl)cc1NC(=O)N[C@H](C)c1ccc(C)o1. The summed E-state index contributed by atoms with van der Waals surface area (Å²) in [7, 11) is 1.53. The van der Waals surface area contributed by atoms with Crippen LogP contribution in [0.4, 0.5) is 10.5 Å². The van der Waals surface area contributed by atoms with Crippen LogP contribution in [0.5, 0.6) is 5.75 Å². The molecular weight excluding hydrogens is 292 g/mol. The van der Waals surface area contributed by atoms with Crippen molar-refractivity contribution >= 4 is 23.3 Å². The fraction of sp³-hybridized carbons (Fsp3) is 0.267. The Labute approximate surface area is 128 Å². The first-order chi connectivity index (χ1) is 9.99. The number of halogens is 1. The Morgan fingerprint density at radius 1 is 1.33 bits per heavy atom. The van der Waals surface area contributed by atoms with Crippen LogP contribution in [0.15, 0.2) is 34.7 Å². The summed E-state index contributed by atoms with van der Waals surface area (Å²) >= 11 is 5.92. The number of nitrogens with one attached hydrogen (secondary N) is 2. The van der Waals surface area contributed by atoms with Crippen LogP contribution >= 0.6 is 11.6 Å². The van der Waals surface area contributed by atoms with Crippen molar-refractivity contribution in [3.8, 4) is 5.75 Å². The zero-order chi connectivity index (χ0) is 15.4. The number of methoxy groups -OCH3 is 1. The molecule has 0 aliphatic rings. The van der Waals surface area contributed by atoms with Crippen LogP contribution in [0.2, 0.25) is 5.02 Å². The van der Waals surface area contributed by atoms with E-state index in [4.69, 9.17) is 20.8 Å². The summed E-state index contributed by atoms with van der Waals surface area (Å²) in [4.78, 5) is 12.0. The lowest BCUT2D eigenvalue weighted by molar-refractivity contribution is 0.247. The third kappa shape index (κ3) is 3.92. The summed E-state index contributed by atoms with van der Waals surface area (Å²) in [5.74, 6) is 2.03. The molecule has 1 aromatic carbocycles. The van der Waals surface area contributed by atoms with E-state index in [-0.39, 0.29) is 12.1 Å². The molecule has 1 aromatic heterocycles. The minimum Gasteiger partial charge on any atom is -0.495 e. The highest BCUT2D eigenvalue weighted by Gasteiger charge is 2.14. The second-order valence-corrected chi connectivity index (χ2v) is 5.05. The van der Waals surface area contributed by atoms with Crippen molar-refractivity contribution in [2.75, 3.05) is 12.4 Å². The lowest BCUT2D eigenvalue weighted by atomic mass is 10.2. The Morgan fingerprint density at radius 2 is 2.10 bits per heavy atom. The second kappa shape index (κ2) is 6.54. The highest BCUT2D eigenvalue weighted by atomic mass is 35.5. The molecule has 1 heterocycles. The van der Waals surface area contributed by atoms with Crippen LogP contribution in [0, 0.1) is 6.92 Å². The van der Waals surface area contributed by atoms with Gasteiger partial charge in [0.25, 0.3) is 0 Å². The molecule has 0 fully saturated rings. The number of ether oxygens (including phenoxy) is 1. The van der Waals surface area contributed by atoms with Crippen molar-refractivity contribution in [2.24, 2.45) is 0 Å². The topological polar surface area (TPSA) is 63.5 Å². The molecule has 2 rings (SSSR count). The molecule has 0 spiro atoms. The van der Waals surface area contributed by atoms with Crippen molar-refractivity contribution in [3.63, 3.8) is 0 Å². The standard InChI is InChI=1S/C15H17ClN2O3/c1-9-4-6-13(21-9)10(2)17-15(19)18-12-8-11(16)5-7-14(12)20-3/h4-8,10H,1-3H3,(H2,17,18,19)/t10-/m1/s1. The summed E-state index contributed by atoms with van der Waals surface area (Å²) in [5.41, 5.74) is 0.505. The molecule has 0 saturated heterocycles. The molecule has 0 saturated carbocycles. The Bertz CT molecular complexity index is 640. The average Bonchev–Trinajstić information content (AvgIpc) is 2.85. The second-order valence-electron chi connectivity index (χ2n) is 4.61. The number of furan rings is 1. The van der Waals surface area contributed by atoms with Gasteiger partial charge in [-0.3, -0.25) is 0 Å². The highest BCUT2D eigenvalue weighted by Crippen LogP contribution is 2.27. The molecule has 0 bridgehead atoms. The van der Waals surface area contributed by atoms with E-state index in [1.807, 2.05) is 26.0 Å². The van der Waals surface area contributed by atoms with Gasteiger partial charge < -0.3 is 19.8 Å². The third-order valence-corrected chi connectivity index (χ3v) is 3.18. The molecule has 2 aromatic rings. The molecule has 0 aliphatic carbocycles. The van der Waals surface area contributed by atoms with E-state index in [0.717, 1.165) is 5.76 Å². The van der Waals surface area contributed by atoms with E-state index >= 15 is 0 Å². The largest absolute Gasteiger partial charge is 0.495 e. The summed E-state index contributed by atoms with van der Waals surface area (Å²) in [5, 5.41) is 6.01. The van der Waals surface area contributed by atoms with Crippen LogP contribution in [-0.2, 0) is 0 Å². The van der Waals surface area contributed by atoms with E-state index in [0.29, 0.717) is 22.2 Å². The number of rotatable bonds is 4. The molecule has 0 unspecified atom stereocenters. The Balaban J connectivity index is 2.03. The van der Waals surface area contributed by atoms with Gasteiger partial charge in [-0.1, -0.05) is 11.6 Å². The number of hydrogen-bond donors (Lipinski definition) is 2. The molecule has 21 heavy (non-hydrogen) atoms. The molecule has 0 radical (unpaired) electrons. The van der Waals surface area contributed by atoms with Gasteiger partial charge in [0.05, 0.1) is 18.8 Å². The number of carbonyl (C=O) groups excluding carboxylic acids is 1. The predicted octanol–water partition coefficient (Wildman–Crippen LogP) is 4.13. The van der Waals surface area contributed by atoms with Crippen molar-refractivity contribution in [2.45, 2.75) is 19.9 Å². The maximum atomic E-state index is 12.0. The fourth-order valence-corrected chi connectivity index (χ4v) is 2.06. The number of urea groups is 1. The van der Waals surface area contributed by atoms with Crippen molar-refractivity contribution < 1.29 is 13.9 Å². The van der Waals surface area contributed by atoms with Gasteiger partial charge in [-0.25, -0.2) is 4.79 Å². The maximum absolute atomic E-state index is 12.0. The average molecular weight is 309 g/mol. The summed E-state index contributed by atoms with van der Waals surface area (Å²) in [6.07, 6.45) is 0. The number of benzene rings is 1. The van der Waals surface area contributed by atoms with E-state index in [1.165, 1.54) is 7.11 Å². The first-order valence-corrected chi connectivity index (χ1v) is 6.85. The van der Waals surface area contributed by atoms with Crippen LogP contribution in [0.25, 0.3) is 0 Å². The minimum atomic E-state index is -0.364. The van der Waals surface area contributed by atoms with Crippen molar-refractivity contribution in [1.29, 1.82) is 0 Å². The molecule has 2 N–H and O–H groups in total. The zero-order valence-corrected chi connectivity index (χ0v) is 12.8. The molecular formula is C15H17ClN2O3. The molecule has 112 valence electrons. The van der Waals surface area contributed by atoms with E-state index in [1.54, 1.807) is 18.2 Å². The highest BCUT2D eigenvalue weighted by molar-refractivity contribution is 6.31. The maximum Gasteiger partial charge on any atom is 0.319 e. The zero-order valence-electron chi connectivity index (χ0n) is 12.1. The number of hydrogen-bond acceptors (Lipinski definition) is 3. The van der Waals surface area contributed by atoms with Gasteiger partial charge in [0.2, 0.25) is 0 Å². The number of carbonyl (C=O) groups is 1. The molecule has 1 atom stereocenters. The van der Waals surface area contributed by atoms with Crippen LogP contribution < -0.4 is 15.4 Å². The normalized spacial score (nSPS) is 11.8. The van der Waals surface area contributed by atoms with Gasteiger partial charge in [0.15, 0.2) is 0 Å². The smallest absolute Gasteiger partial charge is 0.319 e. The summed E-state index contributed by atoms with van der Waals surface area (Å²) in [6, 6.07) is 8.09. The molecule has 6 heteroatoms. The van der Waals surface area contributed by atoms with Gasteiger partial charge in [-0.05, 0) is 44.2 Å². The summed E-state index contributed by atoms with van der Waals surface area (Å²) < 4.78 is 10.6. The van der Waals surface area contributed by atoms with Crippen LogP contribution in [0.3, 0.4) is 0 Å². The predicted molar refractivity (Wildman–Crippen MR) is 82.0 cm³/mol. The monoisotopic (exact) mass is 308 g/mol. The Kier molecular flexibility index (Phi) is 4.75. The lowest BCUT2D eigenvalue weighted by Gasteiger charge is -2.14. The van der Waals surface area contributed by atoms with Gasteiger partial charge >= 0.3 is 6.03 Å². The van der Waals surface area contributed by atoms with Crippen molar-refractivity contribution in [1.82, 2.24) is 5.32 Å². The first-order valence-electron chi connectivity index (χ1n) is 6.47. The van der Waals surface area contributed by atoms with Crippen LogP contribution in [0.1, 0.15) is 24.5 Å². The van der Waals surface area contributed by atoms with Crippen molar-refractivity contribution in [3.05, 3.63) is 46.9 Å². The number of aryl methyl sites for hydroxylation is 1. The summed E-state index contributed by atoms with van der Waals surface area (Å²) in [6.45, 7) is 3.69. The van der Waals surface area contributed by atoms with E-state index < -0.39 is 0 Å². The fourth-order valence-electron chi connectivity index (χ4n) is 1.89. The molecule has 0 aliphatic heterocycles. The molecule has 2 amide bonds. The first kappa shape index (κ1) is 15.3. The quantitative estimate of drug-likeness (QED) is 0.892. The van der Waals surface area contributed by atoms with Gasteiger partial charge in [-0.2, -0.15) is 0 Å². The van der Waals surface area contributed by atoms with Gasteiger partial charge in [-0.15, -0.1) is 0 Å². The minimum absolute atomic E-state index is 0.246.